The Bertz CT molecular complexity index is 564. The van der Waals surface area contributed by atoms with E-state index < -0.39 is 0 Å². The van der Waals surface area contributed by atoms with Crippen molar-refractivity contribution in [1.82, 2.24) is 10.2 Å². The lowest BCUT2D eigenvalue weighted by Crippen LogP contribution is -2.50. The molecule has 2 fully saturated rings. The zero-order chi connectivity index (χ0) is 17.6. The number of aliphatic hydroxyl groups excluding tert-OH is 1. The van der Waals surface area contributed by atoms with Crippen LogP contribution in [0.4, 0.5) is 14.9 Å². The summed E-state index contributed by atoms with van der Waals surface area (Å²) in [5.74, 6) is 0.195. The summed E-state index contributed by atoms with van der Waals surface area (Å²) >= 11 is 0. The third kappa shape index (κ3) is 4.63. The van der Waals surface area contributed by atoms with Crippen molar-refractivity contribution < 1.29 is 14.3 Å². The van der Waals surface area contributed by atoms with Crippen LogP contribution in [0.2, 0.25) is 0 Å². The number of anilines is 1. The van der Waals surface area contributed by atoms with Crippen LogP contribution in [0, 0.1) is 11.7 Å². The molecular formula is C19H28FN3O2. The molecule has 0 saturated carbocycles. The first-order valence-corrected chi connectivity index (χ1v) is 9.33. The monoisotopic (exact) mass is 349 g/mol. The number of nitrogens with zero attached hydrogens (tertiary/aromatic N) is 2. The van der Waals surface area contributed by atoms with Gasteiger partial charge in [0.05, 0.1) is 0 Å². The van der Waals surface area contributed by atoms with Gasteiger partial charge in [0.1, 0.15) is 5.82 Å². The van der Waals surface area contributed by atoms with E-state index >= 15 is 0 Å². The number of amides is 2. The van der Waals surface area contributed by atoms with Crippen LogP contribution >= 0.6 is 0 Å². The Morgan fingerprint density at radius 2 is 2.00 bits per heavy atom. The molecule has 138 valence electrons. The van der Waals surface area contributed by atoms with E-state index in [2.05, 4.69) is 10.2 Å². The number of benzene rings is 1. The van der Waals surface area contributed by atoms with Gasteiger partial charge in [-0.05, 0) is 62.3 Å². The standard InChI is InChI=1S/C19H28FN3O2/c20-16-4-6-17(7-5-16)22-11-8-15(14-22)13-21-19(25)23-10-2-1-3-18(23)9-12-24/h4-7,15,18,24H,1-3,8-14H2,(H,21,25). The highest BCUT2D eigenvalue weighted by Crippen LogP contribution is 2.24. The van der Waals surface area contributed by atoms with Crippen LogP contribution in [-0.2, 0) is 0 Å². The van der Waals surface area contributed by atoms with Crippen LogP contribution in [-0.4, -0.2) is 54.9 Å². The molecule has 0 spiro atoms. The second-order valence-corrected chi connectivity index (χ2v) is 7.12. The minimum absolute atomic E-state index is 0.00150. The Morgan fingerprint density at radius 1 is 1.20 bits per heavy atom. The maximum atomic E-state index is 13.0. The van der Waals surface area contributed by atoms with E-state index in [4.69, 9.17) is 0 Å². The fourth-order valence-corrected chi connectivity index (χ4v) is 3.94. The second kappa shape index (κ2) is 8.52. The number of urea groups is 1. The van der Waals surface area contributed by atoms with Gasteiger partial charge in [-0.15, -0.1) is 0 Å². The molecule has 2 unspecified atom stereocenters. The van der Waals surface area contributed by atoms with Gasteiger partial charge >= 0.3 is 6.03 Å². The fourth-order valence-electron chi connectivity index (χ4n) is 3.94. The number of hydrogen-bond acceptors (Lipinski definition) is 3. The molecule has 0 aliphatic carbocycles. The molecule has 2 amide bonds. The van der Waals surface area contributed by atoms with Crippen molar-refractivity contribution >= 4 is 11.7 Å². The summed E-state index contributed by atoms with van der Waals surface area (Å²) in [6.07, 6.45) is 4.84. The maximum Gasteiger partial charge on any atom is 0.317 e. The van der Waals surface area contributed by atoms with E-state index in [0.717, 1.165) is 51.0 Å². The molecule has 2 aliphatic heterocycles. The molecule has 2 heterocycles. The van der Waals surface area contributed by atoms with Gasteiger partial charge in [0, 0.05) is 44.5 Å². The number of carbonyl (C=O) groups excluding carboxylic acids is 1. The summed E-state index contributed by atoms with van der Waals surface area (Å²) in [5, 5.41) is 12.3. The normalized spacial score (nSPS) is 23.8. The number of aliphatic hydroxyl groups is 1. The van der Waals surface area contributed by atoms with Crippen LogP contribution in [0.3, 0.4) is 0 Å². The molecule has 2 N–H and O–H groups in total. The van der Waals surface area contributed by atoms with Gasteiger partial charge in [-0.3, -0.25) is 0 Å². The van der Waals surface area contributed by atoms with Gasteiger partial charge in [0.15, 0.2) is 0 Å². The molecule has 0 radical (unpaired) electrons. The highest BCUT2D eigenvalue weighted by molar-refractivity contribution is 5.74. The van der Waals surface area contributed by atoms with E-state index in [1.54, 1.807) is 0 Å². The van der Waals surface area contributed by atoms with Crippen LogP contribution in [0.25, 0.3) is 0 Å². The summed E-state index contributed by atoms with van der Waals surface area (Å²) in [6.45, 7) is 3.39. The average molecular weight is 349 g/mol. The first-order chi connectivity index (χ1) is 12.2. The summed E-state index contributed by atoms with van der Waals surface area (Å²) in [6, 6.07) is 6.76. The van der Waals surface area contributed by atoms with E-state index in [-0.39, 0.29) is 24.5 Å². The molecule has 3 rings (SSSR count). The quantitative estimate of drug-likeness (QED) is 0.859. The minimum atomic E-state index is -0.217. The van der Waals surface area contributed by atoms with E-state index in [9.17, 15) is 14.3 Å². The van der Waals surface area contributed by atoms with Crippen LogP contribution in [0.5, 0.6) is 0 Å². The van der Waals surface area contributed by atoms with Crippen LogP contribution in [0.1, 0.15) is 32.1 Å². The summed E-state index contributed by atoms with van der Waals surface area (Å²) in [7, 11) is 0. The topological polar surface area (TPSA) is 55.8 Å². The zero-order valence-electron chi connectivity index (χ0n) is 14.7. The molecule has 25 heavy (non-hydrogen) atoms. The SMILES string of the molecule is O=C(NCC1CCN(c2ccc(F)cc2)C1)N1CCCCC1CCO. The van der Waals surface area contributed by atoms with E-state index in [1.165, 1.54) is 12.1 Å². The molecule has 2 saturated heterocycles. The number of nitrogens with one attached hydrogen (secondary N) is 1. The average Bonchev–Trinajstić information content (AvgIpc) is 3.10. The molecule has 1 aromatic rings. The number of hydrogen-bond donors (Lipinski definition) is 2. The van der Waals surface area contributed by atoms with Crippen molar-refractivity contribution in [2.45, 2.75) is 38.1 Å². The van der Waals surface area contributed by atoms with Gasteiger partial charge in [-0.1, -0.05) is 0 Å². The van der Waals surface area contributed by atoms with Crippen molar-refractivity contribution in [1.29, 1.82) is 0 Å². The predicted molar refractivity (Wildman–Crippen MR) is 96.2 cm³/mol. The van der Waals surface area contributed by atoms with Crippen molar-refractivity contribution in [3.63, 3.8) is 0 Å². The number of carbonyl (C=O) groups is 1. The molecule has 5 nitrogen and oxygen atoms in total. The molecular weight excluding hydrogens is 321 g/mol. The summed E-state index contributed by atoms with van der Waals surface area (Å²) in [5.41, 5.74) is 1.04. The maximum absolute atomic E-state index is 13.0. The Balaban J connectivity index is 1.47. The Morgan fingerprint density at radius 3 is 2.76 bits per heavy atom. The highest BCUT2D eigenvalue weighted by Gasteiger charge is 2.28. The summed E-state index contributed by atoms with van der Waals surface area (Å²) in [4.78, 5) is 16.6. The molecule has 0 aromatic heterocycles. The zero-order valence-corrected chi connectivity index (χ0v) is 14.7. The molecule has 0 bridgehead atoms. The van der Waals surface area contributed by atoms with E-state index in [0.29, 0.717) is 18.9 Å². The molecule has 6 heteroatoms. The molecule has 2 atom stereocenters. The smallest absolute Gasteiger partial charge is 0.317 e. The third-order valence-electron chi connectivity index (χ3n) is 5.37. The van der Waals surface area contributed by atoms with Gasteiger partial charge in [-0.2, -0.15) is 0 Å². The predicted octanol–water partition coefficient (Wildman–Crippen LogP) is 2.60. The Hall–Kier alpha value is -1.82. The third-order valence-corrected chi connectivity index (χ3v) is 5.37. The number of rotatable bonds is 5. The molecule has 1 aromatic carbocycles. The lowest BCUT2D eigenvalue weighted by atomic mass is 10.00. The first kappa shape index (κ1) is 18.0. The van der Waals surface area contributed by atoms with Gasteiger partial charge in [-0.25, -0.2) is 9.18 Å². The Kier molecular flexibility index (Phi) is 6.13. The minimum Gasteiger partial charge on any atom is -0.396 e. The largest absolute Gasteiger partial charge is 0.396 e. The van der Waals surface area contributed by atoms with Gasteiger partial charge in [0.25, 0.3) is 0 Å². The van der Waals surface area contributed by atoms with Crippen molar-refractivity contribution in [2.24, 2.45) is 5.92 Å². The summed E-state index contributed by atoms with van der Waals surface area (Å²) < 4.78 is 13.0. The van der Waals surface area contributed by atoms with Crippen LogP contribution < -0.4 is 10.2 Å². The lowest BCUT2D eigenvalue weighted by Gasteiger charge is -2.35. The van der Waals surface area contributed by atoms with E-state index in [1.807, 2.05) is 17.0 Å². The first-order valence-electron chi connectivity index (χ1n) is 9.33. The van der Waals surface area contributed by atoms with Crippen LogP contribution in [0.15, 0.2) is 24.3 Å². The van der Waals surface area contributed by atoms with Crippen molar-refractivity contribution in [3.8, 4) is 0 Å². The lowest BCUT2D eigenvalue weighted by molar-refractivity contribution is 0.131. The van der Waals surface area contributed by atoms with Gasteiger partial charge in [0.2, 0.25) is 0 Å². The van der Waals surface area contributed by atoms with Crippen molar-refractivity contribution in [2.75, 3.05) is 37.7 Å². The second-order valence-electron chi connectivity index (χ2n) is 7.12. The van der Waals surface area contributed by atoms with Gasteiger partial charge < -0.3 is 20.2 Å². The van der Waals surface area contributed by atoms with Crippen molar-refractivity contribution in [3.05, 3.63) is 30.1 Å². The highest BCUT2D eigenvalue weighted by atomic mass is 19.1. The number of likely N-dealkylation sites (tertiary alicyclic amines) is 1. The number of halogens is 1. The number of piperidine rings is 1. The fraction of sp³-hybridized carbons (Fsp3) is 0.632. The molecule has 2 aliphatic rings. The Labute approximate surface area is 148 Å².